The predicted molar refractivity (Wildman–Crippen MR) is 82.0 cm³/mol. The standard InChI is InChI=1S/C13H22N2O4S2/c1-10(2)14-8-12-3-4-13(20-12)21(16,17)15-7-11-9-18-5-6-19-11/h3-4,10-11,14-15H,5-9H2,1-2H3. The molecular weight excluding hydrogens is 312 g/mol. The van der Waals surface area contributed by atoms with E-state index in [0.29, 0.717) is 36.6 Å². The van der Waals surface area contributed by atoms with E-state index >= 15 is 0 Å². The van der Waals surface area contributed by atoms with Gasteiger partial charge in [-0.2, -0.15) is 0 Å². The van der Waals surface area contributed by atoms with E-state index in [9.17, 15) is 8.42 Å². The lowest BCUT2D eigenvalue weighted by molar-refractivity contribution is -0.0846. The van der Waals surface area contributed by atoms with Crippen molar-refractivity contribution in [2.24, 2.45) is 0 Å². The van der Waals surface area contributed by atoms with Gasteiger partial charge in [0.25, 0.3) is 0 Å². The van der Waals surface area contributed by atoms with Crippen LogP contribution in [0.1, 0.15) is 18.7 Å². The Morgan fingerprint density at radius 1 is 1.38 bits per heavy atom. The van der Waals surface area contributed by atoms with E-state index in [-0.39, 0.29) is 12.6 Å². The van der Waals surface area contributed by atoms with Gasteiger partial charge in [-0.25, -0.2) is 13.1 Å². The zero-order chi connectivity index (χ0) is 15.3. The molecule has 0 amide bonds. The summed E-state index contributed by atoms with van der Waals surface area (Å²) in [6.07, 6.45) is -0.212. The Bertz CT molecular complexity index is 536. The van der Waals surface area contributed by atoms with Crippen molar-refractivity contribution in [3.63, 3.8) is 0 Å². The molecule has 21 heavy (non-hydrogen) atoms. The molecule has 1 aromatic heterocycles. The van der Waals surface area contributed by atoms with E-state index in [1.807, 2.05) is 6.07 Å². The van der Waals surface area contributed by atoms with Gasteiger partial charge in [0, 0.05) is 24.0 Å². The summed E-state index contributed by atoms with van der Waals surface area (Å²) in [5.74, 6) is 0. The van der Waals surface area contributed by atoms with Crippen LogP contribution >= 0.6 is 11.3 Å². The molecule has 1 aromatic rings. The molecule has 6 nitrogen and oxygen atoms in total. The Hall–Kier alpha value is -0.510. The van der Waals surface area contributed by atoms with Gasteiger partial charge in [0.2, 0.25) is 10.0 Å². The largest absolute Gasteiger partial charge is 0.376 e. The molecule has 1 unspecified atom stereocenters. The fraction of sp³-hybridized carbons (Fsp3) is 0.692. The molecule has 0 bridgehead atoms. The quantitative estimate of drug-likeness (QED) is 0.776. The summed E-state index contributed by atoms with van der Waals surface area (Å²) < 4.78 is 38.0. The number of ether oxygens (including phenoxy) is 2. The molecule has 2 N–H and O–H groups in total. The van der Waals surface area contributed by atoms with Crippen molar-refractivity contribution in [2.45, 2.75) is 36.7 Å². The summed E-state index contributed by atoms with van der Waals surface area (Å²) >= 11 is 1.28. The Morgan fingerprint density at radius 2 is 2.19 bits per heavy atom. The Morgan fingerprint density at radius 3 is 2.86 bits per heavy atom. The topological polar surface area (TPSA) is 76.7 Å². The first-order chi connectivity index (χ1) is 9.97. The lowest BCUT2D eigenvalue weighted by Gasteiger charge is -2.22. The molecule has 0 spiro atoms. The number of nitrogens with one attached hydrogen (secondary N) is 2. The SMILES string of the molecule is CC(C)NCc1ccc(S(=O)(=O)NCC2COCCO2)s1. The second kappa shape index (κ2) is 7.66. The molecule has 1 atom stereocenters. The van der Waals surface area contributed by atoms with E-state index in [0.717, 1.165) is 4.88 Å². The van der Waals surface area contributed by atoms with Gasteiger partial charge < -0.3 is 14.8 Å². The van der Waals surface area contributed by atoms with Crippen LogP contribution in [0, 0.1) is 0 Å². The van der Waals surface area contributed by atoms with Crippen LogP contribution in [-0.4, -0.2) is 46.9 Å². The summed E-state index contributed by atoms with van der Waals surface area (Å²) in [5, 5.41) is 3.27. The Kier molecular flexibility index (Phi) is 6.15. The zero-order valence-corrected chi connectivity index (χ0v) is 13.9. The highest BCUT2D eigenvalue weighted by molar-refractivity contribution is 7.91. The van der Waals surface area contributed by atoms with Crippen LogP contribution in [0.2, 0.25) is 0 Å². The van der Waals surface area contributed by atoms with Crippen molar-refractivity contribution in [2.75, 3.05) is 26.4 Å². The number of sulfonamides is 1. The van der Waals surface area contributed by atoms with Gasteiger partial charge >= 0.3 is 0 Å². The number of thiophene rings is 1. The average molecular weight is 334 g/mol. The molecule has 0 aliphatic carbocycles. The number of hydrogen-bond donors (Lipinski definition) is 2. The number of hydrogen-bond acceptors (Lipinski definition) is 6. The maximum atomic E-state index is 12.2. The van der Waals surface area contributed by atoms with Gasteiger partial charge in [-0.05, 0) is 12.1 Å². The van der Waals surface area contributed by atoms with Crippen LogP contribution in [0.5, 0.6) is 0 Å². The highest BCUT2D eigenvalue weighted by atomic mass is 32.2. The van der Waals surface area contributed by atoms with Crippen molar-refractivity contribution in [3.05, 3.63) is 17.0 Å². The van der Waals surface area contributed by atoms with Gasteiger partial charge in [-0.15, -0.1) is 11.3 Å². The van der Waals surface area contributed by atoms with Gasteiger partial charge in [-0.3, -0.25) is 0 Å². The normalized spacial score (nSPS) is 20.0. The number of rotatable bonds is 7. The molecule has 120 valence electrons. The van der Waals surface area contributed by atoms with Crippen molar-refractivity contribution < 1.29 is 17.9 Å². The van der Waals surface area contributed by atoms with Crippen molar-refractivity contribution >= 4 is 21.4 Å². The summed E-state index contributed by atoms with van der Waals surface area (Å²) in [6, 6.07) is 3.85. The minimum atomic E-state index is -3.47. The second-order valence-electron chi connectivity index (χ2n) is 5.18. The van der Waals surface area contributed by atoms with Crippen molar-refractivity contribution in [1.82, 2.24) is 10.0 Å². The second-order valence-corrected chi connectivity index (χ2v) is 8.34. The van der Waals surface area contributed by atoms with Crippen LogP contribution in [-0.2, 0) is 26.0 Å². The van der Waals surface area contributed by atoms with Gasteiger partial charge in [0.1, 0.15) is 4.21 Å². The summed E-state index contributed by atoms with van der Waals surface area (Å²) in [6.45, 7) is 6.53. The maximum Gasteiger partial charge on any atom is 0.250 e. The van der Waals surface area contributed by atoms with E-state index in [1.165, 1.54) is 11.3 Å². The third-order valence-electron chi connectivity index (χ3n) is 2.97. The van der Waals surface area contributed by atoms with Crippen molar-refractivity contribution in [3.8, 4) is 0 Å². The van der Waals surface area contributed by atoms with Gasteiger partial charge in [0.15, 0.2) is 0 Å². The van der Waals surface area contributed by atoms with Crippen LogP contribution in [0.3, 0.4) is 0 Å². The van der Waals surface area contributed by atoms with E-state index < -0.39 is 10.0 Å². The first-order valence-electron chi connectivity index (χ1n) is 6.98. The summed E-state index contributed by atoms with van der Waals surface area (Å²) in [4.78, 5) is 1.00. The summed E-state index contributed by atoms with van der Waals surface area (Å²) in [7, 11) is -3.47. The van der Waals surface area contributed by atoms with E-state index in [4.69, 9.17) is 9.47 Å². The molecular formula is C13H22N2O4S2. The maximum absolute atomic E-state index is 12.2. The molecule has 8 heteroatoms. The smallest absolute Gasteiger partial charge is 0.250 e. The fourth-order valence-corrected chi connectivity index (χ4v) is 4.25. The molecule has 0 radical (unpaired) electrons. The van der Waals surface area contributed by atoms with Crippen LogP contribution in [0.4, 0.5) is 0 Å². The van der Waals surface area contributed by atoms with Gasteiger partial charge in [0.05, 0.1) is 25.9 Å². The lowest BCUT2D eigenvalue weighted by Crippen LogP contribution is -2.39. The molecule has 0 aromatic carbocycles. The molecule has 1 aliphatic rings. The van der Waals surface area contributed by atoms with Crippen LogP contribution < -0.4 is 10.0 Å². The first kappa shape index (κ1) is 16.9. The molecule has 2 heterocycles. The molecule has 1 fully saturated rings. The predicted octanol–water partition coefficient (Wildman–Crippen LogP) is 0.940. The molecule has 1 saturated heterocycles. The van der Waals surface area contributed by atoms with Crippen LogP contribution in [0.25, 0.3) is 0 Å². The Balaban J connectivity index is 1.89. The monoisotopic (exact) mass is 334 g/mol. The summed E-state index contributed by atoms with van der Waals surface area (Å²) in [5.41, 5.74) is 0. The minimum Gasteiger partial charge on any atom is -0.376 e. The minimum absolute atomic E-state index is 0.212. The molecule has 2 rings (SSSR count). The van der Waals surface area contributed by atoms with Crippen LogP contribution in [0.15, 0.2) is 16.3 Å². The third-order valence-corrected chi connectivity index (χ3v) is 5.97. The fourth-order valence-electron chi connectivity index (χ4n) is 1.83. The Labute approximate surface area is 129 Å². The van der Waals surface area contributed by atoms with E-state index in [1.54, 1.807) is 6.07 Å². The van der Waals surface area contributed by atoms with E-state index in [2.05, 4.69) is 23.9 Å². The third kappa shape index (κ3) is 5.32. The van der Waals surface area contributed by atoms with Crippen molar-refractivity contribution in [1.29, 1.82) is 0 Å². The molecule has 1 aliphatic heterocycles. The molecule has 0 saturated carbocycles. The average Bonchev–Trinajstić information content (AvgIpc) is 2.94. The highest BCUT2D eigenvalue weighted by Crippen LogP contribution is 2.21. The highest BCUT2D eigenvalue weighted by Gasteiger charge is 2.21. The van der Waals surface area contributed by atoms with Gasteiger partial charge in [-0.1, -0.05) is 13.8 Å². The first-order valence-corrected chi connectivity index (χ1v) is 9.28. The lowest BCUT2D eigenvalue weighted by atomic mass is 10.3. The zero-order valence-electron chi connectivity index (χ0n) is 12.3.